The minimum atomic E-state index is 0.0266. The van der Waals surface area contributed by atoms with Gasteiger partial charge in [-0.25, -0.2) is 0 Å². The zero-order valence-corrected chi connectivity index (χ0v) is 14.8. The highest BCUT2D eigenvalue weighted by Crippen LogP contribution is 2.34. The molecule has 1 aromatic carbocycles. The fraction of sp³-hybridized carbons (Fsp3) is 0.571. The molecule has 1 fully saturated rings. The van der Waals surface area contributed by atoms with Crippen LogP contribution < -0.4 is 4.74 Å². The zero-order chi connectivity index (χ0) is 14.5. The van der Waals surface area contributed by atoms with Gasteiger partial charge < -0.3 is 14.7 Å². The summed E-state index contributed by atoms with van der Waals surface area (Å²) in [5, 5.41) is 9.15. The maximum Gasteiger partial charge on any atom is 0.147 e. The first-order chi connectivity index (χ1) is 9.60. The molecule has 0 aliphatic carbocycles. The highest BCUT2D eigenvalue weighted by molar-refractivity contribution is 9.11. The van der Waals surface area contributed by atoms with Gasteiger partial charge in [0.25, 0.3) is 0 Å². The summed E-state index contributed by atoms with van der Waals surface area (Å²) in [4.78, 5) is 4.77. The van der Waals surface area contributed by atoms with E-state index in [0.29, 0.717) is 6.61 Å². The molecular weight excluding hydrogens is 388 g/mol. The smallest absolute Gasteiger partial charge is 0.147 e. The number of nitrogens with zero attached hydrogens (tertiary/aromatic N) is 2. The molecule has 0 unspecified atom stereocenters. The fourth-order valence-electron chi connectivity index (χ4n) is 2.19. The van der Waals surface area contributed by atoms with E-state index in [1.165, 1.54) is 0 Å². The van der Waals surface area contributed by atoms with E-state index in [4.69, 9.17) is 9.84 Å². The number of aliphatic hydroxyl groups is 1. The third kappa shape index (κ3) is 4.43. The Bertz CT molecular complexity index is 426. The highest BCUT2D eigenvalue weighted by Gasteiger charge is 2.14. The van der Waals surface area contributed by atoms with Gasteiger partial charge in [0, 0.05) is 32.7 Å². The average molecular weight is 408 g/mol. The van der Waals surface area contributed by atoms with Crippen molar-refractivity contribution in [1.82, 2.24) is 9.80 Å². The molecule has 1 saturated heterocycles. The maximum atomic E-state index is 9.15. The summed E-state index contributed by atoms with van der Waals surface area (Å²) in [5.41, 5.74) is 0.857. The van der Waals surface area contributed by atoms with E-state index in [0.717, 1.165) is 53.0 Å². The van der Waals surface area contributed by atoms with Crippen LogP contribution in [0.1, 0.15) is 5.56 Å². The van der Waals surface area contributed by atoms with Crippen molar-refractivity contribution in [3.05, 3.63) is 26.6 Å². The summed E-state index contributed by atoms with van der Waals surface area (Å²) in [6.07, 6.45) is 0. The van der Waals surface area contributed by atoms with Gasteiger partial charge in [-0.05, 0) is 56.6 Å². The Labute approximate surface area is 137 Å². The molecule has 0 atom stereocenters. The minimum absolute atomic E-state index is 0.0266. The van der Waals surface area contributed by atoms with Crippen molar-refractivity contribution in [2.75, 3.05) is 46.4 Å². The van der Waals surface area contributed by atoms with Gasteiger partial charge in [-0.2, -0.15) is 0 Å². The molecule has 2 rings (SSSR count). The molecule has 1 aliphatic heterocycles. The van der Waals surface area contributed by atoms with Crippen LogP contribution in [0.25, 0.3) is 0 Å². The van der Waals surface area contributed by atoms with E-state index in [9.17, 15) is 0 Å². The largest absolute Gasteiger partial charge is 0.490 e. The summed E-state index contributed by atoms with van der Waals surface area (Å²) in [6.45, 7) is 6.08. The van der Waals surface area contributed by atoms with Crippen molar-refractivity contribution in [1.29, 1.82) is 0 Å². The molecule has 1 heterocycles. The Morgan fingerprint density at radius 1 is 1.15 bits per heavy atom. The predicted molar refractivity (Wildman–Crippen MR) is 87.2 cm³/mol. The predicted octanol–water partition coefficient (Wildman–Crippen LogP) is 2.33. The lowest BCUT2D eigenvalue weighted by Gasteiger charge is -2.32. The zero-order valence-electron chi connectivity index (χ0n) is 11.6. The van der Waals surface area contributed by atoms with Gasteiger partial charge in [0.1, 0.15) is 12.4 Å². The molecule has 112 valence electrons. The number of rotatable bonds is 5. The van der Waals surface area contributed by atoms with Crippen molar-refractivity contribution in [2.24, 2.45) is 0 Å². The van der Waals surface area contributed by atoms with Crippen molar-refractivity contribution >= 4 is 31.9 Å². The molecule has 0 radical (unpaired) electrons. The number of benzene rings is 1. The lowest BCUT2D eigenvalue weighted by atomic mass is 10.2. The first-order valence-corrected chi connectivity index (χ1v) is 8.31. The van der Waals surface area contributed by atoms with E-state index < -0.39 is 0 Å². The van der Waals surface area contributed by atoms with Crippen LogP contribution in [0.5, 0.6) is 5.75 Å². The normalized spacial score (nSPS) is 17.4. The van der Waals surface area contributed by atoms with E-state index in [2.05, 4.69) is 48.7 Å². The van der Waals surface area contributed by atoms with Crippen LogP contribution in [0.15, 0.2) is 21.1 Å². The van der Waals surface area contributed by atoms with Crippen LogP contribution >= 0.6 is 31.9 Å². The van der Waals surface area contributed by atoms with Gasteiger partial charge in [0.15, 0.2) is 0 Å². The maximum absolute atomic E-state index is 9.15. The van der Waals surface area contributed by atoms with Crippen LogP contribution in [-0.4, -0.2) is 61.3 Å². The van der Waals surface area contributed by atoms with Crippen LogP contribution in [-0.2, 0) is 6.61 Å². The van der Waals surface area contributed by atoms with Gasteiger partial charge in [-0.1, -0.05) is 0 Å². The molecule has 0 aromatic heterocycles. The first kappa shape index (κ1) is 16.2. The fourth-order valence-corrected chi connectivity index (χ4v) is 3.70. The number of hydrogen-bond acceptors (Lipinski definition) is 4. The number of hydrogen-bond donors (Lipinski definition) is 1. The Morgan fingerprint density at radius 3 is 2.30 bits per heavy atom. The number of likely N-dealkylation sites (N-methyl/N-ethyl adjacent to an activating group) is 1. The molecule has 6 heteroatoms. The quantitative estimate of drug-likeness (QED) is 0.812. The summed E-state index contributed by atoms with van der Waals surface area (Å²) < 4.78 is 7.61. The van der Waals surface area contributed by atoms with Crippen molar-refractivity contribution in [3.8, 4) is 5.75 Å². The van der Waals surface area contributed by atoms with E-state index in [-0.39, 0.29) is 6.61 Å². The topological polar surface area (TPSA) is 35.9 Å². The minimum Gasteiger partial charge on any atom is -0.490 e. The van der Waals surface area contributed by atoms with Crippen molar-refractivity contribution in [3.63, 3.8) is 0 Å². The third-order valence-corrected chi connectivity index (χ3v) is 4.67. The summed E-state index contributed by atoms with van der Waals surface area (Å²) in [7, 11) is 2.16. The second-order valence-electron chi connectivity index (χ2n) is 5.04. The van der Waals surface area contributed by atoms with Gasteiger partial charge in [-0.3, -0.25) is 4.90 Å². The second kappa shape index (κ2) is 7.75. The van der Waals surface area contributed by atoms with Crippen LogP contribution in [0, 0.1) is 0 Å². The first-order valence-electron chi connectivity index (χ1n) is 6.72. The van der Waals surface area contributed by atoms with Gasteiger partial charge in [0.05, 0.1) is 15.6 Å². The molecule has 0 saturated carbocycles. The molecule has 1 aromatic rings. The second-order valence-corrected chi connectivity index (χ2v) is 6.75. The van der Waals surface area contributed by atoms with Crippen molar-refractivity contribution in [2.45, 2.75) is 6.61 Å². The van der Waals surface area contributed by atoms with Gasteiger partial charge >= 0.3 is 0 Å². The molecule has 0 bridgehead atoms. The summed E-state index contributed by atoms with van der Waals surface area (Å²) in [5.74, 6) is 0.802. The van der Waals surface area contributed by atoms with E-state index in [1.807, 2.05) is 12.1 Å². The van der Waals surface area contributed by atoms with Crippen LogP contribution in [0.2, 0.25) is 0 Å². The van der Waals surface area contributed by atoms with E-state index in [1.54, 1.807) is 0 Å². The molecule has 4 nitrogen and oxygen atoms in total. The molecular formula is C14H20Br2N2O2. The molecule has 0 spiro atoms. The summed E-state index contributed by atoms with van der Waals surface area (Å²) >= 11 is 6.97. The van der Waals surface area contributed by atoms with Gasteiger partial charge in [0.2, 0.25) is 0 Å². The number of aliphatic hydroxyl groups excluding tert-OH is 1. The monoisotopic (exact) mass is 406 g/mol. The van der Waals surface area contributed by atoms with E-state index >= 15 is 0 Å². The molecule has 1 N–H and O–H groups in total. The van der Waals surface area contributed by atoms with Crippen LogP contribution in [0.3, 0.4) is 0 Å². The molecule has 1 aliphatic rings. The lowest BCUT2D eigenvalue weighted by molar-refractivity contribution is 0.133. The van der Waals surface area contributed by atoms with Crippen molar-refractivity contribution < 1.29 is 9.84 Å². The van der Waals surface area contributed by atoms with Gasteiger partial charge in [-0.15, -0.1) is 0 Å². The summed E-state index contributed by atoms with van der Waals surface area (Å²) in [6, 6.07) is 3.77. The third-order valence-electron chi connectivity index (χ3n) is 3.49. The Hall–Kier alpha value is -0.140. The Balaban J connectivity index is 1.85. The highest BCUT2D eigenvalue weighted by atomic mass is 79.9. The standard InChI is InChI=1S/C14H20Br2N2O2/c1-17-2-4-18(5-3-17)6-7-20-14-12(15)8-11(10-19)9-13(14)16/h8-9,19H,2-7,10H2,1H3. The molecule has 20 heavy (non-hydrogen) atoms. The number of piperazine rings is 1. The number of ether oxygens (including phenoxy) is 1. The Kier molecular flexibility index (Phi) is 6.29. The Morgan fingerprint density at radius 2 is 1.75 bits per heavy atom. The SMILES string of the molecule is CN1CCN(CCOc2c(Br)cc(CO)cc2Br)CC1. The molecule has 0 amide bonds. The average Bonchev–Trinajstić information content (AvgIpc) is 2.43. The van der Waals surface area contributed by atoms with Crippen LogP contribution in [0.4, 0.5) is 0 Å². The number of halogens is 2. The lowest BCUT2D eigenvalue weighted by Crippen LogP contribution is -2.45.